The van der Waals surface area contributed by atoms with Gasteiger partial charge in [-0.1, -0.05) is 0 Å². The van der Waals surface area contributed by atoms with Crippen LogP contribution in [0, 0.1) is 6.92 Å². The third kappa shape index (κ3) is 2.74. The van der Waals surface area contributed by atoms with E-state index >= 15 is 0 Å². The fourth-order valence-electron chi connectivity index (χ4n) is 0.740. The van der Waals surface area contributed by atoms with Gasteiger partial charge in [0.2, 0.25) is 11.8 Å². The molecule has 0 aliphatic heterocycles. The predicted octanol–water partition coefficient (Wildman–Crippen LogP) is 1.08. The average molecular weight is 180 g/mol. The second-order valence-corrected chi connectivity index (χ2v) is 2.89. The highest BCUT2D eigenvalue weighted by molar-refractivity contribution is 5.90. The molecule has 0 atom stereocenters. The lowest BCUT2D eigenvalue weighted by Crippen LogP contribution is -2.18. The van der Waals surface area contributed by atoms with Crippen LogP contribution in [0.4, 0.5) is 0 Å². The molecule has 0 radical (unpaired) electrons. The minimum absolute atomic E-state index is 0.0872. The number of hydrogen-bond donors (Lipinski definition) is 0. The van der Waals surface area contributed by atoms with E-state index in [4.69, 9.17) is 4.42 Å². The lowest BCUT2D eigenvalue weighted by Gasteiger charge is -2.04. The summed E-state index contributed by atoms with van der Waals surface area (Å²) in [5.74, 6) is 0.364. The molecule has 0 spiro atoms. The average Bonchev–Trinajstić information content (AvgIpc) is 2.47. The van der Waals surface area contributed by atoms with Crippen LogP contribution in [0.15, 0.2) is 16.8 Å². The summed E-state index contributed by atoms with van der Waals surface area (Å²) in [4.78, 5) is 16.6. The number of nitrogens with zero attached hydrogens (tertiary/aromatic N) is 2. The van der Waals surface area contributed by atoms with Crippen molar-refractivity contribution in [3.63, 3.8) is 0 Å². The van der Waals surface area contributed by atoms with E-state index in [2.05, 4.69) is 4.98 Å². The fourth-order valence-corrected chi connectivity index (χ4v) is 0.740. The molecule has 1 aromatic heterocycles. The van der Waals surface area contributed by atoms with Crippen LogP contribution < -0.4 is 0 Å². The maximum Gasteiger partial charge on any atom is 0.246 e. The maximum atomic E-state index is 11.1. The van der Waals surface area contributed by atoms with Crippen LogP contribution in [0.5, 0.6) is 0 Å². The molecule has 0 fully saturated rings. The second kappa shape index (κ2) is 3.89. The zero-order valence-corrected chi connectivity index (χ0v) is 7.94. The summed E-state index contributed by atoms with van der Waals surface area (Å²) in [7, 11) is 3.38. The van der Waals surface area contributed by atoms with E-state index in [0.717, 1.165) is 5.69 Å². The van der Waals surface area contributed by atoms with E-state index in [0.29, 0.717) is 5.89 Å². The molecule has 1 rings (SSSR count). The normalized spacial score (nSPS) is 10.7. The Morgan fingerprint density at radius 1 is 1.62 bits per heavy atom. The van der Waals surface area contributed by atoms with Crippen LogP contribution in [-0.2, 0) is 4.79 Å². The Labute approximate surface area is 76.9 Å². The van der Waals surface area contributed by atoms with Crippen molar-refractivity contribution in [2.75, 3.05) is 14.1 Å². The standard InChI is InChI=1S/C9H12N2O2/c1-7-6-13-8(10-7)4-5-9(12)11(2)3/h4-6H,1-3H3/b5-4+. The Hall–Kier alpha value is -1.58. The zero-order valence-electron chi connectivity index (χ0n) is 7.94. The Morgan fingerprint density at radius 3 is 2.77 bits per heavy atom. The Bertz CT molecular complexity index is 326. The van der Waals surface area contributed by atoms with Crippen LogP contribution in [0.3, 0.4) is 0 Å². The van der Waals surface area contributed by atoms with Crippen LogP contribution in [-0.4, -0.2) is 29.9 Å². The molecule has 4 nitrogen and oxygen atoms in total. The molecular formula is C9H12N2O2. The van der Waals surface area contributed by atoms with Gasteiger partial charge in [-0.05, 0) is 6.92 Å². The summed E-state index contributed by atoms with van der Waals surface area (Å²) < 4.78 is 5.03. The fraction of sp³-hybridized carbons (Fsp3) is 0.333. The van der Waals surface area contributed by atoms with Gasteiger partial charge < -0.3 is 9.32 Å². The molecule has 70 valence electrons. The molecule has 1 aromatic rings. The number of oxazole rings is 1. The van der Waals surface area contributed by atoms with E-state index in [-0.39, 0.29) is 5.91 Å². The van der Waals surface area contributed by atoms with E-state index in [1.807, 2.05) is 6.92 Å². The minimum atomic E-state index is -0.0872. The van der Waals surface area contributed by atoms with Gasteiger partial charge in [-0.2, -0.15) is 0 Å². The van der Waals surface area contributed by atoms with Gasteiger partial charge in [-0.25, -0.2) is 4.98 Å². The summed E-state index contributed by atoms with van der Waals surface area (Å²) >= 11 is 0. The minimum Gasteiger partial charge on any atom is -0.445 e. The molecule has 0 unspecified atom stereocenters. The van der Waals surface area contributed by atoms with Crippen LogP contribution in [0.1, 0.15) is 11.6 Å². The first-order valence-corrected chi connectivity index (χ1v) is 3.91. The van der Waals surface area contributed by atoms with Gasteiger partial charge >= 0.3 is 0 Å². The molecule has 0 aliphatic rings. The highest BCUT2D eigenvalue weighted by Crippen LogP contribution is 2.02. The molecule has 0 saturated carbocycles. The molecule has 0 bridgehead atoms. The predicted molar refractivity (Wildman–Crippen MR) is 49.0 cm³/mol. The van der Waals surface area contributed by atoms with Gasteiger partial charge in [-0.3, -0.25) is 4.79 Å². The van der Waals surface area contributed by atoms with Crippen LogP contribution in [0.25, 0.3) is 6.08 Å². The molecule has 1 heterocycles. The van der Waals surface area contributed by atoms with E-state index < -0.39 is 0 Å². The first-order chi connectivity index (χ1) is 6.09. The number of hydrogen-bond acceptors (Lipinski definition) is 3. The van der Waals surface area contributed by atoms with Crippen molar-refractivity contribution in [2.24, 2.45) is 0 Å². The third-order valence-electron chi connectivity index (χ3n) is 1.45. The van der Waals surface area contributed by atoms with Crippen LogP contribution >= 0.6 is 0 Å². The van der Waals surface area contributed by atoms with E-state index in [1.165, 1.54) is 11.0 Å². The van der Waals surface area contributed by atoms with Gasteiger partial charge in [0.1, 0.15) is 6.26 Å². The number of carbonyl (C=O) groups is 1. The summed E-state index contributed by atoms with van der Waals surface area (Å²) in [6.45, 7) is 1.83. The molecule has 0 aliphatic carbocycles. The number of likely N-dealkylation sites (N-methyl/N-ethyl adjacent to an activating group) is 1. The van der Waals surface area contributed by atoms with Gasteiger partial charge in [-0.15, -0.1) is 0 Å². The second-order valence-electron chi connectivity index (χ2n) is 2.89. The molecule has 4 heteroatoms. The summed E-state index contributed by atoms with van der Waals surface area (Å²) in [5.41, 5.74) is 0.803. The zero-order chi connectivity index (χ0) is 9.84. The van der Waals surface area contributed by atoms with Crippen LogP contribution in [0.2, 0.25) is 0 Å². The summed E-state index contributed by atoms with van der Waals surface area (Å²) in [6, 6.07) is 0. The van der Waals surface area contributed by atoms with Crippen molar-refractivity contribution in [1.82, 2.24) is 9.88 Å². The lowest BCUT2D eigenvalue weighted by atomic mass is 10.4. The molecule has 0 saturated heterocycles. The molecular weight excluding hydrogens is 168 g/mol. The first kappa shape index (κ1) is 9.51. The molecule has 13 heavy (non-hydrogen) atoms. The van der Waals surface area contributed by atoms with Gasteiger partial charge in [0.15, 0.2) is 0 Å². The summed E-state index contributed by atoms with van der Waals surface area (Å²) in [6.07, 6.45) is 4.51. The maximum absolute atomic E-state index is 11.1. The van der Waals surface area contributed by atoms with Crippen molar-refractivity contribution in [1.29, 1.82) is 0 Å². The number of aromatic nitrogens is 1. The molecule has 0 aromatic carbocycles. The number of aryl methyl sites for hydroxylation is 1. The highest BCUT2D eigenvalue weighted by Gasteiger charge is 1.99. The van der Waals surface area contributed by atoms with E-state index in [9.17, 15) is 4.79 Å². The number of rotatable bonds is 2. The van der Waals surface area contributed by atoms with Crippen molar-refractivity contribution in [2.45, 2.75) is 6.92 Å². The Balaban J connectivity index is 2.64. The van der Waals surface area contributed by atoms with E-state index in [1.54, 1.807) is 26.4 Å². The Morgan fingerprint density at radius 2 is 2.31 bits per heavy atom. The topological polar surface area (TPSA) is 46.3 Å². The smallest absolute Gasteiger partial charge is 0.246 e. The molecule has 1 amide bonds. The summed E-state index contributed by atoms with van der Waals surface area (Å²) in [5, 5.41) is 0. The quantitative estimate of drug-likeness (QED) is 0.640. The van der Waals surface area contributed by atoms with Crippen molar-refractivity contribution >= 4 is 12.0 Å². The SMILES string of the molecule is Cc1coc(/C=C/C(=O)N(C)C)n1. The van der Waals surface area contributed by atoms with Crippen molar-refractivity contribution < 1.29 is 9.21 Å². The largest absolute Gasteiger partial charge is 0.445 e. The first-order valence-electron chi connectivity index (χ1n) is 3.91. The van der Waals surface area contributed by atoms with Crippen molar-refractivity contribution in [3.05, 3.63) is 23.9 Å². The van der Waals surface area contributed by atoms with Gasteiger partial charge in [0.05, 0.1) is 5.69 Å². The highest BCUT2D eigenvalue weighted by atomic mass is 16.3. The Kier molecular flexibility index (Phi) is 2.84. The number of carbonyl (C=O) groups excluding carboxylic acids is 1. The molecule has 0 N–H and O–H groups in total. The monoisotopic (exact) mass is 180 g/mol. The van der Waals surface area contributed by atoms with Gasteiger partial charge in [0.25, 0.3) is 0 Å². The number of amides is 1. The van der Waals surface area contributed by atoms with Gasteiger partial charge in [0, 0.05) is 26.2 Å². The third-order valence-corrected chi connectivity index (χ3v) is 1.45. The lowest BCUT2D eigenvalue weighted by molar-refractivity contribution is -0.123. The van der Waals surface area contributed by atoms with Crippen molar-refractivity contribution in [3.8, 4) is 0 Å².